The predicted octanol–water partition coefficient (Wildman–Crippen LogP) is -0.537. The third-order valence-corrected chi connectivity index (χ3v) is 4.39. The Kier molecular flexibility index (Phi) is 7.37. The molecule has 1 aliphatic rings. The number of nitrogens with one attached hydrogen (secondary N) is 1. The van der Waals surface area contributed by atoms with Crippen LogP contribution in [0, 0.1) is 17.8 Å². The summed E-state index contributed by atoms with van der Waals surface area (Å²) in [5, 5.41) is 20.6. The maximum Gasteiger partial charge on any atom is 0.306 e. The highest BCUT2D eigenvalue weighted by molar-refractivity contribution is 6.08. The number of rotatable bonds is 8. The van der Waals surface area contributed by atoms with Crippen molar-refractivity contribution in [1.82, 2.24) is 5.32 Å². The standard InChI is InChI=1S/C14H25BN2O5/c15-4-3-8-1-2-9(10(5-8)14(21)22)7-17-13(20)11(16)6-12(18)19/h8-11H,1-7,15-16H2,(H,17,20)(H,18,19)(H,21,22)/t8-,9-,10-,11-/m0/s1. The first kappa shape index (κ1) is 18.5. The van der Waals surface area contributed by atoms with Crippen LogP contribution in [0.5, 0.6) is 0 Å². The van der Waals surface area contributed by atoms with E-state index in [1.54, 1.807) is 0 Å². The van der Waals surface area contributed by atoms with Crippen molar-refractivity contribution in [3.05, 3.63) is 0 Å². The number of hydrogen-bond acceptors (Lipinski definition) is 4. The third kappa shape index (κ3) is 5.67. The number of nitrogens with two attached hydrogens (primary N) is 1. The van der Waals surface area contributed by atoms with E-state index < -0.39 is 36.2 Å². The molecule has 1 saturated carbocycles. The lowest BCUT2D eigenvalue weighted by Gasteiger charge is -2.34. The van der Waals surface area contributed by atoms with Gasteiger partial charge in [0.2, 0.25) is 5.91 Å². The van der Waals surface area contributed by atoms with Gasteiger partial charge >= 0.3 is 11.9 Å². The van der Waals surface area contributed by atoms with Gasteiger partial charge in [0.05, 0.1) is 18.4 Å². The highest BCUT2D eigenvalue weighted by Crippen LogP contribution is 2.36. The summed E-state index contributed by atoms with van der Waals surface area (Å²) in [5.41, 5.74) is 5.48. The van der Waals surface area contributed by atoms with Gasteiger partial charge in [-0.3, -0.25) is 14.4 Å². The molecule has 22 heavy (non-hydrogen) atoms. The van der Waals surface area contributed by atoms with Gasteiger partial charge in [-0.25, -0.2) is 0 Å². The molecule has 1 aliphatic carbocycles. The Labute approximate surface area is 131 Å². The monoisotopic (exact) mass is 312 g/mol. The number of carbonyl (C=O) groups excluding carboxylic acids is 1. The van der Waals surface area contributed by atoms with E-state index in [9.17, 15) is 19.5 Å². The van der Waals surface area contributed by atoms with Crippen LogP contribution in [0.25, 0.3) is 0 Å². The Morgan fingerprint density at radius 2 is 1.95 bits per heavy atom. The molecule has 0 aliphatic heterocycles. The Balaban J connectivity index is 2.51. The fourth-order valence-electron chi connectivity index (χ4n) is 3.18. The van der Waals surface area contributed by atoms with Crippen molar-refractivity contribution in [1.29, 1.82) is 0 Å². The van der Waals surface area contributed by atoms with E-state index in [-0.39, 0.29) is 12.5 Å². The van der Waals surface area contributed by atoms with Gasteiger partial charge in [-0.05, 0) is 24.7 Å². The Hall–Kier alpha value is -1.57. The molecule has 0 aromatic heterocycles. The number of hydrogen-bond donors (Lipinski definition) is 4. The van der Waals surface area contributed by atoms with Gasteiger partial charge in [0.25, 0.3) is 0 Å². The molecule has 0 aromatic carbocycles. The molecule has 0 saturated heterocycles. The highest BCUT2D eigenvalue weighted by atomic mass is 16.4. The van der Waals surface area contributed by atoms with E-state index >= 15 is 0 Å². The van der Waals surface area contributed by atoms with E-state index in [1.165, 1.54) is 0 Å². The van der Waals surface area contributed by atoms with Gasteiger partial charge in [-0.15, -0.1) is 0 Å². The number of amides is 1. The molecular formula is C14H25BN2O5. The molecule has 124 valence electrons. The highest BCUT2D eigenvalue weighted by Gasteiger charge is 2.35. The lowest BCUT2D eigenvalue weighted by Crippen LogP contribution is -2.45. The molecule has 0 aromatic rings. The SMILES string of the molecule is BCC[C@@H]1CC[C@@H](CNC(=O)[C@@H](N)CC(=O)O)[C@@H](C(=O)O)C1. The van der Waals surface area contributed by atoms with Crippen molar-refractivity contribution in [3.63, 3.8) is 0 Å². The predicted molar refractivity (Wildman–Crippen MR) is 83.2 cm³/mol. The zero-order valence-electron chi connectivity index (χ0n) is 13.0. The largest absolute Gasteiger partial charge is 0.481 e. The summed E-state index contributed by atoms with van der Waals surface area (Å²) in [7, 11) is 2.09. The first-order chi connectivity index (χ1) is 10.3. The van der Waals surface area contributed by atoms with Crippen LogP contribution in [0.15, 0.2) is 0 Å². The van der Waals surface area contributed by atoms with E-state index in [4.69, 9.17) is 10.8 Å². The van der Waals surface area contributed by atoms with Gasteiger partial charge in [0.15, 0.2) is 0 Å². The fraction of sp³-hybridized carbons (Fsp3) is 0.786. The van der Waals surface area contributed by atoms with Gasteiger partial charge in [-0.1, -0.05) is 19.2 Å². The minimum absolute atomic E-state index is 0.119. The number of carboxylic acids is 2. The average Bonchev–Trinajstić information content (AvgIpc) is 2.44. The topological polar surface area (TPSA) is 130 Å². The van der Waals surface area contributed by atoms with E-state index in [0.717, 1.165) is 25.6 Å². The second kappa shape index (κ2) is 8.78. The second-order valence-electron chi connectivity index (χ2n) is 6.12. The van der Waals surface area contributed by atoms with Gasteiger partial charge in [0.1, 0.15) is 7.85 Å². The minimum Gasteiger partial charge on any atom is -0.481 e. The van der Waals surface area contributed by atoms with Crippen LogP contribution < -0.4 is 11.1 Å². The molecule has 1 amide bonds. The van der Waals surface area contributed by atoms with Gasteiger partial charge in [0, 0.05) is 6.54 Å². The Morgan fingerprint density at radius 3 is 2.50 bits per heavy atom. The summed E-state index contributed by atoms with van der Waals surface area (Å²) in [6, 6.07) is -1.10. The molecular weight excluding hydrogens is 287 g/mol. The number of carboxylic acid groups (broad SMARTS) is 2. The Bertz CT molecular complexity index is 418. The lowest BCUT2D eigenvalue weighted by atomic mass is 9.71. The molecule has 0 unspecified atom stereocenters. The molecule has 0 spiro atoms. The molecule has 8 heteroatoms. The molecule has 0 heterocycles. The van der Waals surface area contributed by atoms with Crippen LogP contribution in [0.1, 0.15) is 32.1 Å². The van der Waals surface area contributed by atoms with E-state index in [0.29, 0.717) is 12.3 Å². The zero-order valence-corrected chi connectivity index (χ0v) is 13.0. The minimum atomic E-state index is -1.13. The molecule has 4 atom stereocenters. The van der Waals surface area contributed by atoms with Crippen molar-refractivity contribution in [2.75, 3.05) is 6.54 Å². The third-order valence-electron chi connectivity index (χ3n) is 4.39. The molecule has 1 fully saturated rings. The smallest absolute Gasteiger partial charge is 0.306 e. The molecule has 1 rings (SSSR count). The summed E-state index contributed by atoms with van der Waals surface area (Å²) >= 11 is 0. The number of aliphatic carboxylic acids is 2. The lowest BCUT2D eigenvalue weighted by molar-refractivity contribution is -0.146. The zero-order chi connectivity index (χ0) is 16.7. The summed E-state index contributed by atoms with van der Waals surface area (Å²) in [6.45, 7) is 0.238. The molecule has 5 N–H and O–H groups in total. The summed E-state index contributed by atoms with van der Waals surface area (Å²) in [4.78, 5) is 33.7. The van der Waals surface area contributed by atoms with Crippen LogP contribution in [-0.4, -0.2) is 48.5 Å². The van der Waals surface area contributed by atoms with Crippen molar-refractivity contribution in [2.45, 2.75) is 44.5 Å². The second-order valence-corrected chi connectivity index (χ2v) is 6.12. The first-order valence-electron chi connectivity index (χ1n) is 7.83. The summed E-state index contributed by atoms with van der Waals surface area (Å²) < 4.78 is 0. The van der Waals surface area contributed by atoms with Crippen molar-refractivity contribution < 1.29 is 24.6 Å². The molecule has 7 nitrogen and oxygen atoms in total. The normalized spacial score (nSPS) is 26.1. The quantitative estimate of drug-likeness (QED) is 0.446. The molecule has 0 bridgehead atoms. The van der Waals surface area contributed by atoms with Crippen LogP contribution >= 0.6 is 0 Å². The van der Waals surface area contributed by atoms with Crippen LogP contribution in [-0.2, 0) is 14.4 Å². The maximum atomic E-state index is 11.7. The number of carbonyl (C=O) groups is 3. The Morgan fingerprint density at radius 1 is 1.27 bits per heavy atom. The van der Waals surface area contributed by atoms with Gasteiger partial charge < -0.3 is 21.3 Å². The van der Waals surface area contributed by atoms with Crippen LogP contribution in [0.3, 0.4) is 0 Å². The first-order valence-corrected chi connectivity index (χ1v) is 7.83. The van der Waals surface area contributed by atoms with Crippen molar-refractivity contribution in [3.8, 4) is 0 Å². The molecule has 0 radical (unpaired) electrons. The summed E-state index contributed by atoms with van der Waals surface area (Å²) in [6.07, 6.45) is 4.02. The average molecular weight is 312 g/mol. The van der Waals surface area contributed by atoms with E-state index in [2.05, 4.69) is 13.2 Å². The van der Waals surface area contributed by atoms with Crippen molar-refractivity contribution in [2.24, 2.45) is 23.5 Å². The van der Waals surface area contributed by atoms with Crippen LogP contribution in [0.4, 0.5) is 0 Å². The fourth-order valence-corrected chi connectivity index (χ4v) is 3.18. The van der Waals surface area contributed by atoms with Crippen LogP contribution in [0.2, 0.25) is 6.32 Å². The van der Waals surface area contributed by atoms with Crippen molar-refractivity contribution >= 4 is 25.7 Å². The summed E-state index contributed by atoms with van der Waals surface area (Å²) in [5.74, 6) is -2.64. The van der Waals surface area contributed by atoms with Gasteiger partial charge in [-0.2, -0.15) is 0 Å². The van der Waals surface area contributed by atoms with E-state index in [1.807, 2.05) is 0 Å². The maximum absolute atomic E-state index is 11.7.